The Balaban J connectivity index is 2.08. The molecule has 172 valence electrons. The summed E-state index contributed by atoms with van der Waals surface area (Å²) < 4.78 is 44.1. The second kappa shape index (κ2) is 10.3. The third-order valence-electron chi connectivity index (χ3n) is 4.14. The maximum atomic E-state index is 12.7. The first-order valence-corrected chi connectivity index (χ1v) is 9.60. The minimum absolute atomic E-state index is 0.164. The summed E-state index contributed by atoms with van der Waals surface area (Å²) >= 11 is 5.74. The predicted molar refractivity (Wildman–Crippen MR) is 110 cm³/mol. The maximum Gasteiger partial charge on any atom is 0.452 e. The zero-order chi connectivity index (χ0) is 24.1. The molecule has 2 amide bonds. The van der Waals surface area contributed by atoms with Crippen LogP contribution in [0.4, 0.5) is 23.7 Å². The largest absolute Gasteiger partial charge is 0.452 e. The molecule has 32 heavy (non-hydrogen) atoms. The zero-order valence-electron chi connectivity index (χ0n) is 16.9. The summed E-state index contributed by atoms with van der Waals surface area (Å²) in [6.07, 6.45) is -4.90. The van der Waals surface area contributed by atoms with E-state index < -0.39 is 48.0 Å². The number of carbonyl (C=O) groups is 3. The number of nitrogens with zero attached hydrogens (tertiary/aromatic N) is 1. The lowest BCUT2D eigenvalue weighted by Crippen LogP contribution is -2.50. The fourth-order valence-corrected chi connectivity index (χ4v) is 2.71. The monoisotopic (exact) mass is 473 g/mol. The number of Topliss-reactive ketones (excluding diaryl/α,β-unsaturated/α-hetero) is 1. The highest BCUT2D eigenvalue weighted by molar-refractivity contribution is 6.30. The molecule has 0 fully saturated rings. The van der Waals surface area contributed by atoms with Gasteiger partial charge in [-0.2, -0.15) is 13.2 Å². The Morgan fingerprint density at radius 2 is 1.75 bits per heavy atom. The first kappa shape index (κ1) is 24.9. The number of aromatic nitrogens is 1. The Bertz CT molecular complexity index is 1050. The van der Waals surface area contributed by atoms with Crippen molar-refractivity contribution in [3.8, 4) is 5.75 Å². The van der Waals surface area contributed by atoms with E-state index in [0.717, 1.165) is 4.57 Å². The van der Waals surface area contributed by atoms with E-state index >= 15 is 0 Å². The van der Waals surface area contributed by atoms with Crippen LogP contribution in [-0.4, -0.2) is 34.6 Å². The number of amides is 2. The molecule has 1 aromatic heterocycles. The quantitative estimate of drug-likeness (QED) is 0.641. The van der Waals surface area contributed by atoms with E-state index in [0.29, 0.717) is 5.02 Å². The van der Waals surface area contributed by atoms with E-state index in [2.05, 4.69) is 5.32 Å². The molecule has 0 aliphatic carbocycles. The highest BCUT2D eigenvalue weighted by atomic mass is 35.5. The van der Waals surface area contributed by atoms with Gasteiger partial charge in [0.15, 0.2) is 0 Å². The molecule has 2 rings (SSSR count). The van der Waals surface area contributed by atoms with Gasteiger partial charge < -0.3 is 14.6 Å². The number of hydrogen-bond donors (Lipinski definition) is 2. The van der Waals surface area contributed by atoms with E-state index in [-0.39, 0.29) is 11.4 Å². The Labute approximate surface area is 185 Å². The first-order valence-electron chi connectivity index (χ1n) is 9.22. The highest BCUT2D eigenvalue weighted by Gasteiger charge is 2.44. The smallest absolute Gasteiger partial charge is 0.410 e. The van der Waals surface area contributed by atoms with E-state index in [1.54, 1.807) is 0 Å². The van der Waals surface area contributed by atoms with Crippen LogP contribution in [-0.2, 0) is 16.1 Å². The van der Waals surface area contributed by atoms with Crippen LogP contribution >= 0.6 is 11.6 Å². The molecule has 12 heteroatoms. The van der Waals surface area contributed by atoms with Crippen LogP contribution < -0.4 is 20.9 Å². The fourth-order valence-electron chi connectivity index (χ4n) is 2.59. The summed E-state index contributed by atoms with van der Waals surface area (Å²) in [4.78, 5) is 48.2. The molecule has 0 saturated carbocycles. The van der Waals surface area contributed by atoms with Crippen LogP contribution in [0.15, 0.2) is 47.4 Å². The average molecular weight is 474 g/mol. The van der Waals surface area contributed by atoms with Crippen LogP contribution in [0, 0.1) is 5.92 Å². The summed E-state index contributed by atoms with van der Waals surface area (Å²) in [6.45, 7) is 2.02. The number of ether oxygens (including phenoxy) is 1. The minimum Gasteiger partial charge on any atom is -0.410 e. The van der Waals surface area contributed by atoms with Crippen LogP contribution in [0.5, 0.6) is 5.75 Å². The number of benzene rings is 1. The second-order valence-corrected chi connectivity index (χ2v) is 7.41. The zero-order valence-corrected chi connectivity index (χ0v) is 17.7. The summed E-state index contributed by atoms with van der Waals surface area (Å²) in [5.74, 6) is -3.74. The summed E-state index contributed by atoms with van der Waals surface area (Å²) in [5.41, 5.74) is -1.04. The first-order chi connectivity index (χ1) is 14.9. The van der Waals surface area contributed by atoms with Crippen molar-refractivity contribution in [3.63, 3.8) is 0 Å². The number of hydrogen-bond acceptors (Lipinski definition) is 5. The van der Waals surface area contributed by atoms with Gasteiger partial charge >= 0.3 is 12.3 Å². The summed E-state index contributed by atoms with van der Waals surface area (Å²) in [5, 5.41) is 4.66. The number of alkyl halides is 3. The number of nitrogens with one attached hydrogen (secondary N) is 2. The predicted octanol–water partition coefficient (Wildman–Crippen LogP) is 3.38. The van der Waals surface area contributed by atoms with E-state index in [1.807, 2.05) is 5.32 Å². The minimum atomic E-state index is -5.12. The molecule has 1 aromatic carbocycles. The second-order valence-electron chi connectivity index (χ2n) is 6.97. The van der Waals surface area contributed by atoms with Gasteiger partial charge in [0, 0.05) is 11.2 Å². The highest BCUT2D eigenvalue weighted by Crippen LogP contribution is 2.21. The molecule has 2 aromatic rings. The van der Waals surface area contributed by atoms with Gasteiger partial charge in [-0.25, -0.2) is 4.79 Å². The van der Waals surface area contributed by atoms with Crippen molar-refractivity contribution in [2.45, 2.75) is 32.6 Å². The van der Waals surface area contributed by atoms with Crippen LogP contribution in [0.3, 0.4) is 0 Å². The van der Waals surface area contributed by atoms with E-state index in [4.69, 9.17) is 16.3 Å². The SMILES string of the molecule is CC(C)C(NC(=O)Cn1cccc(NC(=O)Oc2ccc(Cl)cc2)c1=O)C(=O)C(F)(F)F. The number of rotatable bonds is 7. The molecule has 0 saturated heterocycles. The van der Waals surface area contributed by atoms with Gasteiger partial charge in [-0.05, 0) is 42.3 Å². The molecule has 1 unspecified atom stereocenters. The van der Waals surface area contributed by atoms with Gasteiger partial charge in [0.2, 0.25) is 5.91 Å². The van der Waals surface area contributed by atoms with Crippen molar-refractivity contribution >= 4 is 35.1 Å². The maximum absolute atomic E-state index is 12.7. The number of anilines is 1. The van der Waals surface area contributed by atoms with Crippen molar-refractivity contribution in [1.29, 1.82) is 0 Å². The van der Waals surface area contributed by atoms with Crippen LogP contribution in [0.25, 0.3) is 0 Å². The van der Waals surface area contributed by atoms with Gasteiger partial charge in [-0.15, -0.1) is 0 Å². The molecule has 0 aliphatic rings. The van der Waals surface area contributed by atoms with Crippen molar-refractivity contribution in [1.82, 2.24) is 9.88 Å². The van der Waals surface area contributed by atoms with Crippen molar-refractivity contribution in [3.05, 3.63) is 58.0 Å². The lowest BCUT2D eigenvalue weighted by Gasteiger charge is -2.22. The number of carbonyl (C=O) groups excluding carboxylic acids is 3. The van der Waals surface area contributed by atoms with Crippen LogP contribution in [0.2, 0.25) is 5.02 Å². The number of ketones is 1. The Kier molecular flexibility index (Phi) is 8.03. The van der Waals surface area contributed by atoms with Gasteiger partial charge in [0.05, 0.1) is 6.04 Å². The van der Waals surface area contributed by atoms with Gasteiger partial charge in [0.1, 0.15) is 18.0 Å². The van der Waals surface area contributed by atoms with Gasteiger partial charge in [-0.1, -0.05) is 25.4 Å². The van der Waals surface area contributed by atoms with E-state index in [1.165, 1.54) is 56.4 Å². The number of pyridine rings is 1. The van der Waals surface area contributed by atoms with Gasteiger partial charge in [0.25, 0.3) is 11.3 Å². The Hall–Kier alpha value is -3.34. The molecule has 0 spiro atoms. The van der Waals surface area contributed by atoms with Crippen LogP contribution in [0.1, 0.15) is 13.8 Å². The molecule has 1 heterocycles. The molecule has 0 bridgehead atoms. The topological polar surface area (TPSA) is 106 Å². The molecule has 8 nitrogen and oxygen atoms in total. The molecule has 0 radical (unpaired) electrons. The molecule has 0 aliphatic heterocycles. The average Bonchev–Trinajstić information content (AvgIpc) is 2.69. The third-order valence-corrected chi connectivity index (χ3v) is 4.39. The lowest BCUT2D eigenvalue weighted by molar-refractivity contribution is -0.174. The lowest BCUT2D eigenvalue weighted by atomic mass is 9.99. The van der Waals surface area contributed by atoms with E-state index in [9.17, 15) is 32.3 Å². The Morgan fingerprint density at radius 1 is 1.12 bits per heavy atom. The number of halogens is 4. The molecule has 2 N–H and O–H groups in total. The molecular weight excluding hydrogens is 455 g/mol. The summed E-state index contributed by atoms with van der Waals surface area (Å²) in [6, 6.07) is 6.65. The third kappa shape index (κ3) is 6.84. The van der Waals surface area contributed by atoms with Gasteiger partial charge in [-0.3, -0.25) is 19.7 Å². The summed E-state index contributed by atoms with van der Waals surface area (Å²) in [7, 11) is 0. The fraction of sp³-hybridized carbons (Fsp3) is 0.300. The molecular formula is C20H19ClF3N3O5. The normalized spacial score (nSPS) is 12.2. The standard InChI is InChI=1S/C20H19ClF3N3O5/c1-11(2)16(17(29)20(22,23)24)26-15(28)10-27-9-3-4-14(18(27)30)25-19(31)32-13-7-5-12(21)6-8-13/h3-9,11,16H,10H2,1-2H3,(H,25,31)(H,26,28). The molecule has 1 atom stereocenters. The van der Waals surface area contributed by atoms with Crippen molar-refractivity contribution in [2.24, 2.45) is 5.92 Å². The van der Waals surface area contributed by atoms with Crippen molar-refractivity contribution < 1.29 is 32.3 Å². The van der Waals surface area contributed by atoms with Crippen molar-refractivity contribution in [2.75, 3.05) is 5.32 Å². The Morgan fingerprint density at radius 3 is 2.31 bits per heavy atom.